The van der Waals surface area contributed by atoms with E-state index in [0.29, 0.717) is 26.1 Å². The van der Waals surface area contributed by atoms with Crippen molar-refractivity contribution >= 4 is 28.4 Å². The molecular weight excluding hydrogens is 386 g/mol. The van der Waals surface area contributed by atoms with Gasteiger partial charge in [-0.3, -0.25) is 4.79 Å². The fraction of sp³-hybridized carbons (Fsp3) is 0.476. The Hall–Kier alpha value is -2.61. The molecular formula is C21H29N5O2S. The highest BCUT2D eigenvalue weighted by molar-refractivity contribution is 7.13. The minimum absolute atomic E-state index is 0.0909. The smallest absolute Gasteiger partial charge is 0.317 e. The molecule has 2 heterocycles. The molecule has 1 aromatic carbocycles. The van der Waals surface area contributed by atoms with E-state index >= 15 is 0 Å². The molecule has 0 atom stereocenters. The Morgan fingerprint density at radius 2 is 1.97 bits per heavy atom. The third kappa shape index (κ3) is 6.19. The number of rotatable bonds is 6. The molecule has 1 saturated heterocycles. The number of benzene rings is 1. The second-order valence-corrected chi connectivity index (χ2v) is 8.15. The molecule has 1 aliphatic rings. The average Bonchev–Trinajstić information content (AvgIpc) is 3.00. The lowest BCUT2D eigenvalue weighted by Gasteiger charge is -2.22. The van der Waals surface area contributed by atoms with Gasteiger partial charge in [0.05, 0.1) is 5.69 Å². The van der Waals surface area contributed by atoms with E-state index in [1.165, 1.54) is 0 Å². The molecule has 0 bridgehead atoms. The standard InChI is InChI=1S/C21H29N5O2S/c1-17-16-29-21(23-17)26-12-6-11-25(13-14-26)19(27)9-10-22-20(28)24(2)15-18-7-4-3-5-8-18/h3-5,7-8,16H,6,9-15H2,1-2H3,(H,22,28). The maximum atomic E-state index is 12.6. The fourth-order valence-electron chi connectivity index (χ4n) is 3.34. The van der Waals surface area contributed by atoms with Crippen molar-refractivity contribution in [2.75, 3.05) is 44.7 Å². The summed E-state index contributed by atoms with van der Waals surface area (Å²) in [6, 6.07) is 9.68. The van der Waals surface area contributed by atoms with Crippen LogP contribution in [0.1, 0.15) is 24.1 Å². The summed E-state index contributed by atoms with van der Waals surface area (Å²) >= 11 is 1.65. The Kier molecular flexibility index (Phi) is 7.46. The summed E-state index contributed by atoms with van der Waals surface area (Å²) in [5, 5.41) is 5.94. The number of amides is 3. The van der Waals surface area contributed by atoms with Crippen LogP contribution in [-0.4, -0.2) is 66.5 Å². The van der Waals surface area contributed by atoms with Crippen molar-refractivity contribution in [3.05, 3.63) is 47.0 Å². The van der Waals surface area contributed by atoms with Crippen molar-refractivity contribution in [3.63, 3.8) is 0 Å². The van der Waals surface area contributed by atoms with E-state index in [2.05, 4.69) is 20.6 Å². The molecule has 0 unspecified atom stereocenters. The van der Waals surface area contributed by atoms with E-state index < -0.39 is 0 Å². The first kappa shape index (κ1) is 21.1. The van der Waals surface area contributed by atoms with Gasteiger partial charge in [-0.25, -0.2) is 9.78 Å². The van der Waals surface area contributed by atoms with Gasteiger partial charge in [-0.2, -0.15) is 0 Å². The molecule has 0 saturated carbocycles. The molecule has 0 aliphatic carbocycles. The third-order valence-electron chi connectivity index (χ3n) is 4.95. The number of nitrogens with one attached hydrogen (secondary N) is 1. The van der Waals surface area contributed by atoms with Gasteiger partial charge in [0.25, 0.3) is 0 Å². The number of thiazole rings is 1. The van der Waals surface area contributed by atoms with Crippen LogP contribution in [0.4, 0.5) is 9.93 Å². The molecule has 1 aromatic heterocycles. The van der Waals surface area contributed by atoms with E-state index in [4.69, 9.17) is 0 Å². The molecule has 8 heteroatoms. The number of carbonyl (C=O) groups is 2. The quantitative estimate of drug-likeness (QED) is 0.788. The van der Waals surface area contributed by atoms with Gasteiger partial charge in [0.15, 0.2) is 5.13 Å². The van der Waals surface area contributed by atoms with Crippen LogP contribution in [0, 0.1) is 6.92 Å². The Morgan fingerprint density at radius 1 is 1.17 bits per heavy atom. The van der Waals surface area contributed by atoms with Crippen molar-refractivity contribution in [1.29, 1.82) is 0 Å². The highest BCUT2D eigenvalue weighted by Crippen LogP contribution is 2.21. The second-order valence-electron chi connectivity index (χ2n) is 7.32. The first-order valence-electron chi connectivity index (χ1n) is 10.0. The minimum atomic E-state index is -0.164. The Bertz CT molecular complexity index is 810. The zero-order chi connectivity index (χ0) is 20.6. The van der Waals surface area contributed by atoms with Gasteiger partial charge in [-0.15, -0.1) is 11.3 Å². The largest absolute Gasteiger partial charge is 0.346 e. The molecule has 3 rings (SSSR count). The van der Waals surface area contributed by atoms with Crippen LogP contribution in [-0.2, 0) is 11.3 Å². The maximum Gasteiger partial charge on any atom is 0.317 e. The van der Waals surface area contributed by atoms with Gasteiger partial charge in [0.1, 0.15) is 0 Å². The highest BCUT2D eigenvalue weighted by Gasteiger charge is 2.20. The molecule has 0 radical (unpaired) electrons. The van der Waals surface area contributed by atoms with Crippen LogP contribution in [0.25, 0.3) is 0 Å². The van der Waals surface area contributed by atoms with Crippen LogP contribution in [0.5, 0.6) is 0 Å². The van der Waals surface area contributed by atoms with Crippen LogP contribution in [0.15, 0.2) is 35.7 Å². The van der Waals surface area contributed by atoms with E-state index in [1.54, 1.807) is 23.3 Å². The molecule has 1 fully saturated rings. The number of aromatic nitrogens is 1. The summed E-state index contributed by atoms with van der Waals surface area (Å²) in [7, 11) is 1.76. The molecule has 7 nitrogen and oxygen atoms in total. The van der Waals surface area contributed by atoms with Crippen LogP contribution in [0.2, 0.25) is 0 Å². The van der Waals surface area contributed by atoms with Gasteiger partial charge < -0.3 is 20.0 Å². The van der Waals surface area contributed by atoms with E-state index in [0.717, 1.165) is 42.4 Å². The Labute approximate surface area is 176 Å². The van der Waals surface area contributed by atoms with E-state index in [-0.39, 0.29) is 11.9 Å². The van der Waals surface area contributed by atoms with Crippen LogP contribution >= 0.6 is 11.3 Å². The monoisotopic (exact) mass is 415 g/mol. The molecule has 3 amide bonds. The minimum Gasteiger partial charge on any atom is -0.346 e. The van der Waals surface area contributed by atoms with Crippen LogP contribution < -0.4 is 10.2 Å². The highest BCUT2D eigenvalue weighted by atomic mass is 32.1. The summed E-state index contributed by atoms with van der Waals surface area (Å²) in [4.78, 5) is 35.1. The lowest BCUT2D eigenvalue weighted by atomic mass is 10.2. The van der Waals surface area contributed by atoms with Crippen molar-refractivity contribution in [3.8, 4) is 0 Å². The van der Waals surface area contributed by atoms with Gasteiger partial charge >= 0.3 is 6.03 Å². The lowest BCUT2D eigenvalue weighted by molar-refractivity contribution is -0.130. The van der Waals surface area contributed by atoms with Gasteiger partial charge in [0, 0.05) is 58.1 Å². The topological polar surface area (TPSA) is 68.8 Å². The molecule has 29 heavy (non-hydrogen) atoms. The third-order valence-corrected chi connectivity index (χ3v) is 5.97. The summed E-state index contributed by atoms with van der Waals surface area (Å²) in [6.07, 6.45) is 1.25. The molecule has 1 aliphatic heterocycles. The SMILES string of the molecule is Cc1csc(N2CCCN(C(=O)CCNC(=O)N(C)Cc3ccccc3)CC2)n1. The molecule has 156 valence electrons. The number of hydrogen-bond donors (Lipinski definition) is 1. The van der Waals surface area contributed by atoms with Crippen LogP contribution in [0.3, 0.4) is 0 Å². The zero-order valence-corrected chi connectivity index (χ0v) is 18.0. The summed E-state index contributed by atoms with van der Waals surface area (Å²) in [5.74, 6) is 0.0909. The summed E-state index contributed by atoms with van der Waals surface area (Å²) < 4.78 is 0. The van der Waals surface area contributed by atoms with Crippen molar-refractivity contribution in [2.24, 2.45) is 0 Å². The number of nitrogens with zero attached hydrogens (tertiary/aromatic N) is 4. The summed E-state index contributed by atoms with van der Waals surface area (Å²) in [6.45, 7) is 6.05. The van der Waals surface area contributed by atoms with Gasteiger partial charge in [-0.1, -0.05) is 30.3 Å². The maximum absolute atomic E-state index is 12.6. The number of urea groups is 1. The first-order chi connectivity index (χ1) is 14.0. The normalized spacial score (nSPS) is 14.4. The first-order valence-corrected chi connectivity index (χ1v) is 10.9. The molecule has 1 N–H and O–H groups in total. The fourth-order valence-corrected chi connectivity index (χ4v) is 4.20. The number of hydrogen-bond acceptors (Lipinski definition) is 5. The van der Waals surface area contributed by atoms with E-state index in [9.17, 15) is 9.59 Å². The van der Waals surface area contributed by atoms with E-state index in [1.807, 2.05) is 42.2 Å². The Morgan fingerprint density at radius 3 is 2.69 bits per heavy atom. The van der Waals surface area contributed by atoms with Gasteiger partial charge in [-0.05, 0) is 18.9 Å². The van der Waals surface area contributed by atoms with Gasteiger partial charge in [0.2, 0.25) is 5.91 Å². The lowest BCUT2D eigenvalue weighted by Crippen LogP contribution is -2.40. The summed E-state index contributed by atoms with van der Waals surface area (Å²) in [5.41, 5.74) is 2.11. The second kappa shape index (κ2) is 10.2. The van der Waals surface area contributed by atoms with Crippen molar-refractivity contribution in [1.82, 2.24) is 20.1 Å². The number of carbonyl (C=O) groups excluding carboxylic acids is 2. The average molecular weight is 416 g/mol. The Balaban J connectivity index is 1.39. The molecule has 0 spiro atoms. The number of aryl methyl sites for hydroxylation is 1. The predicted molar refractivity (Wildman–Crippen MR) is 116 cm³/mol. The predicted octanol–water partition coefficient (Wildman–Crippen LogP) is 2.72. The molecule has 2 aromatic rings. The van der Waals surface area contributed by atoms with Crippen molar-refractivity contribution in [2.45, 2.75) is 26.3 Å². The number of anilines is 1. The van der Waals surface area contributed by atoms with Crippen molar-refractivity contribution < 1.29 is 9.59 Å². The zero-order valence-electron chi connectivity index (χ0n) is 17.1.